The molecule has 0 saturated heterocycles. The van der Waals surface area contributed by atoms with Gasteiger partial charge in [-0.15, -0.1) is 0 Å². The van der Waals surface area contributed by atoms with Crippen LogP contribution in [0.5, 0.6) is 0 Å². The van der Waals surface area contributed by atoms with Crippen molar-refractivity contribution in [2.24, 2.45) is 5.92 Å². The van der Waals surface area contributed by atoms with E-state index in [0.29, 0.717) is 24.1 Å². The van der Waals surface area contributed by atoms with E-state index in [2.05, 4.69) is 10.3 Å². The molecule has 0 aliphatic heterocycles. The normalized spacial score (nSPS) is 12.5. The number of oxazole rings is 1. The van der Waals surface area contributed by atoms with Gasteiger partial charge < -0.3 is 14.8 Å². The highest BCUT2D eigenvalue weighted by molar-refractivity contribution is 5.77. The van der Waals surface area contributed by atoms with Gasteiger partial charge in [0, 0.05) is 18.3 Å². The minimum absolute atomic E-state index is 0.339. The van der Waals surface area contributed by atoms with Crippen molar-refractivity contribution in [1.82, 2.24) is 4.98 Å². The van der Waals surface area contributed by atoms with Gasteiger partial charge in [0.1, 0.15) is 0 Å². The lowest BCUT2D eigenvalue weighted by Crippen LogP contribution is -2.21. The number of aromatic nitrogens is 1. The maximum absolute atomic E-state index is 11.0. The fraction of sp³-hybridized carbons (Fsp3) is 0.333. The Morgan fingerprint density at radius 2 is 2.33 bits per heavy atom. The molecule has 0 amide bonds. The Morgan fingerprint density at radius 3 is 3.00 bits per heavy atom. The molecule has 0 bridgehead atoms. The van der Waals surface area contributed by atoms with Crippen molar-refractivity contribution in [3.05, 3.63) is 28.7 Å². The van der Waals surface area contributed by atoms with Crippen LogP contribution in [0.3, 0.4) is 0 Å². The first kappa shape index (κ1) is 12.2. The molecule has 3 N–H and O–H groups in total. The SMILES string of the molecule is CCC(CNc1ccc2[nH]c(=O)oc2c1)C(=O)O. The lowest BCUT2D eigenvalue weighted by atomic mass is 10.1. The molecule has 6 nitrogen and oxygen atoms in total. The zero-order valence-electron chi connectivity index (χ0n) is 9.90. The second kappa shape index (κ2) is 4.95. The van der Waals surface area contributed by atoms with Crippen LogP contribution in [0.1, 0.15) is 13.3 Å². The molecule has 1 heterocycles. The van der Waals surface area contributed by atoms with Crippen LogP contribution in [0.15, 0.2) is 27.4 Å². The molecule has 0 aliphatic rings. The summed E-state index contributed by atoms with van der Waals surface area (Å²) in [7, 11) is 0. The smallest absolute Gasteiger partial charge is 0.417 e. The summed E-state index contributed by atoms with van der Waals surface area (Å²) in [6, 6.07) is 5.15. The fourth-order valence-electron chi connectivity index (χ4n) is 1.70. The molecular weight excluding hydrogens is 236 g/mol. The topological polar surface area (TPSA) is 95.3 Å². The van der Waals surface area contributed by atoms with E-state index in [-0.39, 0.29) is 0 Å². The third-order valence-corrected chi connectivity index (χ3v) is 2.82. The van der Waals surface area contributed by atoms with Crippen LogP contribution >= 0.6 is 0 Å². The summed E-state index contributed by atoms with van der Waals surface area (Å²) in [4.78, 5) is 24.4. The summed E-state index contributed by atoms with van der Waals surface area (Å²) >= 11 is 0. The Labute approximate surface area is 103 Å². The van der Waals surface area contributed by atoms with Gasteiger partial charge in [-0.1, -0.05) is 6.92 Å². The molecule has 0 aliphatic carbocycles. The van der Waals surface area contributed by atoms with E-state index in [9.17, 15) is 9.59 Å². The fourth-order valence-corrected chi connectivity index (χ4v) is 1.70. The number of aliphatic carboxylic acids is 1. The Hall–Kier alpha value is -2.24. The van der Waals surface area contributed by atoms with Gasteiger partial charge in [-0.25, -0.2) is 4.79 Å². The minimum Gasteiger partial charge on any atom is -0.481 e. The van der Waals surface area contributed by atoms with Crippen LogP contribution in [0.4, 0.5) is 5.69 Å². The van der Waals surface area contributed by atoms with Crippen LogP contribution < -0.4 is 11.1 Å². The summed E-state index contributed by atoms with van der Waals surface area (Å²) in [5.41, 5.74) is 1.80. The molecular formula is C12H14N2O4. The maximum Gasteiger partial charge on any atom is 0.417 e. The molecule has 0 radical (unpaired) electrons. The summed E-state index contributed by atoms with van der Waals surface area (Å²) < 4.78 is 4.92. The molecule has 0 spiro atoms. The van der Waals surface area contributed by atoms with Crippen LogP contribution in [0.25, 0.3) is 11.1 Å². The summed E-state index contributed by atoms with van der Waals surface area (Å²) in [6.45, 7) is 2.17. The van der Waals surface area contributed by atoms with E-state index in [1.54, 1.807) is 18.2 Å². The zero-order valence-corrected chi connectivity index (χ0v) is 9.90. The molecule has 1 unspecified atom stereocenters. The standard InChI is InChI=1S/C12H14N2O4/c1-2-7(11(15)16)6-13-8-3-4-9-10(5-8)18-12(17)14-9/h3-5,7,13H,2,6H2,1H3,(H,14,17)(H,15,16). The molecule has 2 aromatic rings. The Bertz CT molecular complexity index is 614. The number of anilines is 1. The van der Waals surface area contributed by atoms with Crippen molar-refractivity contribution in [1.29, 1.82) is 0 Å². The van der Waals surface area contributed by atoms with Crippen LogP contribution in [-0.4, -0.2) is 22.6 Å². The molecule has 1 aromatic heterocycles. The predicted molar refractivity (Wildman–Crippen MR) is 66.7 cm³/mol. The number of carbonyl (C=O) groups is 1. The molecule has 1 aromatic carbocycles. The van der Waals surface area contributed by atoms with Crippen molar-refractivity contribution in [2.75, 3.05) is 11.9 Å². The van der Waals surface area contributed by atoms with Crippen molar-refractivity contribution in [3.8, 4) is 0 Å². The Kier molecular flexibility index (Phi) is 3.36. The van der Waals surface area contributed by atoms with Crippen molar-refractivity contribution < 1.29 is 14.3 Å². The van der Waals surface area contributed by atoms with E-state index in [0.717, 1.165) is 5.69 Å². The number of nitrogens with one attached hydrogen (secondary N) is 2. The molecule has 6 heteroatoms. The number of benzene rings is 1. The van der Waals surface area contributed by atoms with Crippen LogP contribution in [0.2, 0.25) is 0 Å². The first-order valence-electron chi connectivity index (χ1n) is 5.69. The Morgan fingerprint density at radius 1 is 1.56 bits per heavy atom. The van der Waals surface area contributed by atoms with Gasteiger partial charge in [0.25, 0.3) is 0 Å². The number of hydrogen-bond donors (Lipinski definition) is 3. The second-order valence-electron chi connectivity index (χ2n) is 4.05. The highest BCUT2D eigenvalue weighted by Gasteiger charge is 2.14. The molecule has 1 atom stereocenters. The Balaban J connectivity index is 2.12. The van der Waals surface area contributed by atoms with Crippen LogP contribution in [-0.2, 0) is 4.79 Å². The lowest BCUT2D eigenvalue weighted by Gasteiger charge is -2.11. The van der Waals surface area contributed by atoms with Gasteiger partial charge >= 0.3 is 11.7 Å². The van der Waals surface area contributed by atoms with E-state index >= 15 is 0 Å². The summed E-state index contributed by atoms with van der Waals surface area (Å²) in [5, 5.41) is 11.9. The van der Waals surface area contributed by atoms with Crippen molar-refractivity contribution in [2.45, 2.75) is 13.3 Å². The molecule has 2 rings (SSSR count). The number of carboxylic acid groups (broad SMARTS) is 1. The number of fused-ring (bicyclic) bond motifs is 1. The quantitative estimate of drug-likeness (QED) is 0.749. The maximum atomic E-state index is 11.0. The number of rotatable bonds is 5. The first-order valence-corrected chi connectivity index (χ1v) is 5.69. The number of hydrogen-bond acceptors (Lipinski definition) is 4. The molecule has 18 heavy (non-hydrogen) atoms. The van der Waals surface area contributed by atoms with Crippen molar-refractivity contribution in [3.63, 3.8) is 0 Å². The van der Waals surface area contributed by atoms with Crippen molar-refractivity contribution >= 4 is 22.8 Å². The van der Waals surface area contributed by atoms with Gasteiger partial charge in [0.2, 0.25) is 0 Å². The lowest BCUT2D eigenvalue weighted by molar-refractivity contribution is -0.141. The second-order valence-corrected chi connectivity index (χ2v) is 4.05. The summed E-state index contributed by atoms with van der Waals surface area (Å²) in [5.74, 6) is -1.75. The minimum atomic E-state index is -0.820. The van der Waals surface area contributed by atoms with Gasteiger partial charge in [0.05, 0.1) is 11.4 Å². The zero-order chi connectivity index (χ0) is 13.1. The predicted octanol–water partition coefficient (Wildman–Crippen LogP) is 1.64. The van der Waals surface area contributed by atoms with E-state index in [1.165, 1.54) is 0 Å². The highest BCUT2D eigenvalue weighted by atomic mass is 16.4. The number of H-pyrrole nitrogens is 1. The number of carboxylic acids is 1. The van der Waals surface area contributed by atoms with Crippen LogP contribution in [0, 0.1) is 5.92 Å². The third kappa shape index (κ3) is 2.53. The monoisotopic (exact) mass is 250 g/mol. The largest absolute Gasteiger partial charge is 0.481 e. The van der Waals surface area contributed by atoms with E-state index < -0.39 is 17.6 Å². The average molecular weight is 250 g/mol. The van der Waals surface area contributed by atoms with Gasteiger partial charge in [-0.05, 0) is 18.6 Å². The van der Waals surface area contributed by atoms with E-state index in [4.69, 9.17) is 9.52 Å². The van der Waals surface area contributed by atoms with Gasteiger partial charge in [0.15, 0.2) is 5.58 Å². The highest BCUT2D eigenvalue weighted by Crippen LogP contribution is 2.17. The third-order valence-electron chi connectivity index (χ3n) is 2.82. The summed E-state index contributed by atoms with van der Waals surface area (Å²) in [6.07, 6.45) is 0.559. The molecule has 96 valence electrons. The van der Waals surface area contributed by atoms with Gasteiger partial charge in [-0.2, -0.15) is 0 Å². The average Bonchev–Trinajstić information content (AvgIpc) is 2.68. The molecule has 0 fully saturated rings. The van der Waals surface area contributed by atoms with Gasteiger partial charge in [-0.3, -0.25) is 9.78 Å². The molecule has 0 saturated carbocycles. The van der Waals surface area contributed by atoms with E-state index in [1.807, 2.05) is 6.92 Å². The first-order chi connectivity index (χ1) is 8.60. The number of aromatic amines is 1.